The average molecular weight is 377 g/mol. The lowest BCUT2D eigenvalue weighted by Gasteiger charge is -2.40. The minimum atomic E-state index is 0.156. The SMILES string of the molecule is CCNC(=NCc1nnc2n1CCCC2)NCC1CCCOC1C(C)(C)C. The van der Waals surface area contributed by atoms with Gasteiger partial charge in [0.05, 0.1) is 6.10 Å². The summed E-state index contributed by atoms with van der Waals surface area (Å²) in [6.45, 7) is 13.1. The highest BCUT2D eigenvalue weighted by atomic mass is 16.5. The van der Waals surface area contributed by atoms with Gasteiger partial charge in [-0.1, -0.05) is 20.8 Å². The molecule has 3 rings (SSSR count). The van der Waals surface area contributed by atoms with E-state index in [1.807, 2.05) is 0 Å². The molecule has 0 aromatic carbocycles. The molecule has 0 amide bonds. The second kappa shape index (κ2) is 9.04. The van der Waals surface area contributed by atoms with Gasteiger partial charge in [0.1, 0.15) is 12.4 Å². The number of nitrogens with zero attached hydrogens (tertiary/aromatic N) is 4. The van der Waals surface area contributed by atoms with Crippen molar-refractivity contribution in [3.05, 3.63) is 11.6 Å². The van der Waals surface area contributed by atoms with E-state index in [4.69, 9.17) is 9.73 Å². The number of fused-ring (bicyclic) bond motifs is 1. The summed E-state index contributed by atoms with van der Waals surface area (Å²) in [4.78, 5) is 4.77. The van der Waals surface area contributed by atoms with Gasteiger partial charge in [-0.2, -0.15) is 0 Å². The summed E-state index contributed by atoms with van der Waals surface area (Å²) in [5.41, 5.74) is 0.156. The Morgan fingerprint density at radius 2 is 2.07 bits per heavy atom. The van der Waals surface area contributed by atoms with Gasteiger partial charge in [0, 0.05) is 38.6 Å². The van der Waals surface area contributed by atoms with Crippen molar-refractivity contribution >= 4 is 5.96 Å². The molecular weight excluding hydrogens is 340 g/mol. The number of aryl methyl sites for hydroxylation is 1. The Hall–Kier alpha value is -1.63. The summed E-state index contributed by atoms with van der Waals surface area (Å²) in [7, 11) is 0. The van der Waals surface area contributed by atoms with Crippen molar-refractivity contribution in [2.24, 2.45) is 16.3 Å². The van der Waals surface area contributed by atoms with Crippen LogP contribution in [0.15, 0.2) is 4.99 Å². The van der Waals surface area contributed by atoms with E-state index in [1.54, 1.807) is 0 Å². The van der Waals surface area contributed by atoms with E-state index in [2.05, 4.69) is 53.1 Å². The summed E-state index contributed by atoms with van der Waals surface area (Å²) in [5, 5.41) is 15.6. The van der Waals surface area contributed by atoms with Crippen molar-refractivity contribution in [1.29, 1.82) is 0 Å². The summed E-state index contributed by atoms with van der Waals surface area (Å²) in [6.07, 6.45) is 6.07. The summed E-state index contributed by atoms with van der Waals surface area (Å²) < 4.78 is 8.34. The first kappa shape index (κ1) is 20.1. The van der Waals surface area contributed by atoms with Crippen LogP contribution < -0.4 is 10.6 Å². The molecule has 1 aromatic rings. The standard InChI is InChI=1S/C20H36N6O/c1-5-21-19(22-13-15-9-8-12-27-18(15)20(2,3)4)23-14-17-25-24-16-10-6-7-11-26(16)17/h15,18H,5-14H2,1-4H3,(H2,21,22,23). The molecule has 2 aliphatic rings. The minimum Gasteiger partial charge on any atom is -0.377 e. The van der Waals surface area contributed by atoms with E-state index < -0.39 is 0 Å². The number of hydrogen-bond donors (Lipinski definition) is 2. The lowest BCUT2D eigenvalue weighted by molar-refractivity contribution is -0.0835. The maximum Gasteiger partial charge on any atom is 0.191 e. The highest BCUT2D eigenvalue weighted by molar-refractivity contribution is 5.79. The fraction of sp³-hybridized carbons (Fsp3) is 0.850. The number of ether oxygens (including phenoxy) is 1. The van der Waals surface area contributed by atoms with Crippen LogP contribution in [-0.2, 0) is 24.2 Å². The Bertz CT molecular complexity index is 633. The molecule has 2 atom stereocenters. The van der Waals surface area contributed by atoms with Crippen LogP contribution in [0.2, 0.25) is 0 Å². The van der Waals surface area contributed by atoms with Gasteiger partial charge in [-0.25, -0.2) is 4.99 Å². The maximum absolute atomic E-state index is 6.11. The summed E-state index contributed by atoms with van der Waals surface area (Å²) in [5.74, 6) is 3.43. The van der Waals surface area contributed by atoms with Crippen molar-refractivity contribution in [2.75, 3.05) is 19.7 Å². The quantitative estimate of drug-likeness (QED) is 0.610. The van der Waals surface area contributed by atoms with Gasteiger partial charge in [0.15, 0.2) is 11.8 Å². The van der Waals surface area contributed by atoms with Gasteiger partial charge in [-0.05, 0) is 38.0 Å². The van der Waals surface area contributed by atoms with E-state index in [0.717, 1.165) is 56.7 Å². The molecule has 0 radical (unpaired) electrons. The Balaban J connectivity index is 1.61. The van der Waals surface area contributed by atoms with E-state index >= 15 is 0 Å². The summed E-state index contributed by atoms with van der Waals surface area (Å²) in [6, 6.07) is 0. The largest absolute Gasteiger partial charge is 0.377 e. The van der Waals surface area contributed by atoms with Crippen molar-refractivity contribution in [1.82, 2.24) is 25.4 Å². The third-order valence-corrected chi connectivity index (χ3v) is 5.49. The third-order valence-electron chi connectivity index (χ3n) is 5.49. The molecule has 1 aromatic heterocycles. The molecule has 1 fully saturated rings. The van der Waals surface area contributed by atoms with Gasteiger partial charge in [-0.15, -0.1) is 10.2 Å². The van der Waals surface area contributed by atoms with Gasteiger partial charge in [0.25, 0.3) is 0 Å². The van der Waals surface area contributed by atoms with Crippen LogP contribution in [0.3, 0.4) is 0 Å². The molecule has 152 valence electrons. The molecule has 0 aliphatic carbocycles. The zero-order valence-corrected chi connectivity index (χ0v) is 17.4. The minimum absolute atomic E-state index is 0.156. The van der Waals surface area contributed by atoms with Crippen molar-refractivity contribution in [2.45, 2.75) is 79.0 Å². The Morgan fingerprint density at radius 1 is 1.22 bits per heavy atom. The smallest absolute Gasteiger partial charge is 0.191 e. The number of hydrogen-bond acceptors (Lipinski definition) is 4. The van der Waals surface area contributed by atoms with Crippen LogP contribution in [-0.4, -0.2) is 46.5 Å². The number of aliphatic imine (C=N–C) groups is 1. The zero-order valence-electron chi connectivity index (χ0n) is 17.4. The molecule has 27 heavy (non-hydrogen) atoms. The predicted octanol–water partition coefficient (Wildman–Crippen LogP) is 2.51. The first-order valence-corrected chi connectivity index (χ1v) is 10.5. The zero-order chi connectivity index (χ0) is 19.3. The number of nitrogens with one attached hydrogen (secondary N) is 2. The second-order valence-electron chi connectivity index (χ2n) is 8.78. The Morgan fingerprint density at radius 3 is 2.85 bits per heavy atom. The average Bonchev–Trinajstić information content (AvgIpc) is 3.07. The maximum atomic E-state index is 6.11. The number of guanidine groups is 1. The molecule has 7 heteroatoms. The van der Waals surface area contributed by atoms with E-state index in [9.17, 15) is 0 Å². The topological polar surface area (TPSA) is 76.4 Å². The fourth-order valence-corrected chi connectivity index (χ4v) is 4.21. The van der Waals surface area contributed by atoms with Gasteiger partial charge >= 0.3 is 0 Å². The number of aromatic nitrogens is 3. The molecule has 0 saturated carbocycles. The van der Waals surface area contributed by atoms with E-state index in [-0.39, 0.29) is 11.5 Å². The molecule has 0 bridgehead atoms. The van der Waals surface area contributed by atoms with Crippen LogP contribution in [0.1, 0.15) is 65.0 Å². The van der Waals surface area contributed by atoms with Crippen LogP contribution in [0.25, 0.3) is 0 Å². The molecule has 1 saturated heterocycles. The second-order valence-corrected chi connectivity index (χ2v) is 8.78. The lowest BCUT2D eigenvalue weighted by atomic mass is 9.78. The fourth-order valence-electron chi connectivity index (χ4n) is 4.21. The van der Waals surface area contributed by atoms with Crippen LogP contribution in [0.4, 0.5) is 0 Å². The molecule has 2 unspecified atom stereocenters. The van der Waals surface area contributed by atoms with Crippen molar-refractivity contribution < 1.29 is 4.74 Å². The van der Waals surface area contributed by atoms with E-state index in [1.165, 1.54) is 19.3 Å². The first-order valence-electron chi connectivity index (χ1n) is 10.5. The predicted molar refractivity (Wildman–Crippen MR) is 108 cm³/mol. The number of rotatable bonds is 5. The summed E-state index contributed by atoms with van der Waals surface area (Å²) >= 11 is 0. The van der Waals surface area contributed by atoms with Crippen molar-refractivity contribution in [3.63, 3.8) is 0 Å². The normalized spacial score (nSPS) is 23.8. The van der Waals surface area contributed by atoms with Crippen LogP contribution >= 0.6 is 0 Å². The van der Waals surface area contributed by atoms with Crippen molar-refractivity contribution in [3.8, 4) is 0 Å². The van der Waals surface area contributed by atoms with Crippen LogP contribution in [0.5, 0.6) is 0 Å². The molecular formula is C20H36N6O. The first-order chi connectivity index (χ1) is 13.0. The van der Waals surface area contributed by atoms with Gasteiger partial charge in [0.2, 0.25) is 0 Å². The van der Waals surface area contributed by atoms with Gasteiger partial charge in [-0.3, -0.25) is 0 Å². The molecule has 2 aliphatic heterocycles. The van der Waals surface area contributed by atoms with Crippen LogP contribution in [0, 0.1) is 11.3 Å². The molecule has 7 nitrogen and oxygen atoms in total. The molecule has 3 heterocycles. The lowest BCUT2D eigenvalue weighted by Crippen LogP contribution is -2.47. The molecule has 2 N–H and O–H groups in total. The monoisotopic (exact) mass is 376 g/mol. The third kappa shape index (κ3) is 5.21. The Kier molecular flexibility index (Phi) is 6.73. The molecule has 0 spiro atoms. The van der Waals surface area contributed by atoms with E-state index in [0.29, 0.717) is 12.5 Å². The highest BCUT2D eigenvalue weighted by Crippen LogP contribution is 2.33. The van der Waals surface area contributed by atoms with Gasteiger partial charge < -0.3 is 19.9 Å². The Labute approximate surface area is 163 Å². The highest BCUT2D eigenvalue weighted by Gasteiger charge is 2.35.